The van der Waals surface area contributed by atoms with Crippen molar-refractivity contribution in [3.8, 4) is 0 Å². The fraction of sp³-hybridized carbons (Fsp3) is 0.684. The average Bonchev–Trinajstić information content (AvgIpc) is 3.05. The van der Waals surface area contributed by atoms with Gasteiger partial charge in [0.2, 0.25) is 0 Å². The zero-order valence-electron chi connectivity index (χ0n) is 13.4. The Bertz CT molecular complexity index is 494. The monoisotopic (exact) mass is 301 g/mol. The molecule has 0 aromatic heterocycles. The number of hydrogen-bond donors (Lipinski definition) is 0. The molecule has 0 radical (unpaired) electrons. The number of hydrogen-bond acceptors (Lipinski definition) is 3. The van der Waals surface area contributed by atoms with E-state index in [2.05, 4.69) is 29.2 Å². The van der Waals surface area contributed by atoms with Crippen LogP contribution >= 0.6 is 0 Å². The molecule has 4 rings (SSSR count). The lowest BCUT2D eigenvalue weighted by Gasteiger charge is -2.36. The van der Waals surface area contributed by atoms with E-state index in [1.54, 1.807) is 0 Å². The van der Waals surface area contributed by atoms with E-state index in [1.807, 2.05) is 0 Å². The molecule has 0 bridgehead atoms. The summed E-state index contributed by atoms with van der Waals surface area (Å²) < 4.78 is 11.7. The first-order valence-electron chi connectivity index (χ1n) is 8.98. The van der Waals surface area contributed by atoms with Gasteiger partial charge in [0.05, 0.1) is 13.2 Å². The van der Waals surface area contributed by atoms with E-state index in [-0.39, 0.29) is 5.79 Å². The zero-order valence-corrected chi connectivity index (χ0v) is 13.4. The number of nitrogens with zero attached hydrogens (tertiary/aromatic N) is 1. The van der Waals surface area contributed by atoms with Gasteiger partial charge in [0, 0.05) is 31.6 Å². The zero-order chi connectivity index (χ0) is 14.8. The van der Waals surface area contributed by atoms with E-state index in [0.717, 1.165) is 26.1 Å². The van der Waals surface area contributed by atoms with E-state index < -0.39 is 0 Å². The molecule has 3 aliphatic rings. The second kappa shape index (κ2) is 6.21. The molecule has 0 unspecified atom stereocenters. The first-order valence-corrected chi connectivity index (χ1v) is 8.98. The highest BCUT2D eigenvalue weighted by molar-refractivity contribution is 5.49. The van der Waals surface area contributed by atoms with Gasteiger partial charge in [0.1, 0.15) is 0 Å². The Hall–Kier alpha value is -1.06. The van der Waals surface area contributed by atoms with Crippen LogP contribution in [0.4, 0.5) is 5.69 Å². The molecule has 1 aromatic carbocycles. The highest BCUT2D eigenvalue weighted by atomic mass is 16.7. The summed E-state index contributed by atoms with van der Waals surface area (Å²) in [5.41, 5.74) is 2.93. The highest BCUT2D eigenvalue weighted by Crippen LogP contribution is 2.42. The molecule has 3 nitrogen and oxygen atoms in total. The van der Waals surface area contributed by atoms with Crippen LogP contribution in [-0.2, 0) is 9.47 Å². The van der Waals surface area contributed by atoms with Crippen LogP contribution in [0, 0.1) is 0 Å². The molecule has 1 aliphatic carbocycles. The van der Waals surface area contributed by atoms with Crippen molar-refractivity contribution in [3.05, 3.63) is 29.8 Å². The van der Waals surface area contributed by atoms with Crippen molar-refractivity contribution in [2.24, 2.45) is 0 Å². The molecule has 3 heteroatoms. The van der Waals surface area contributed by atoms with Crippen LogP contribution in [0.2, 0.25) is 0 Å². The number of anilines is 1. The molecule has 22 heavy (non-hydrogen) atoms. The maximum absolute atomic E-state index is 5.85. The molecule has 2 aliphatic heterocycles. The number of benzene rings is 1. The van der Waals surface area contributed by atoms with Crippen LogP contribution in [0.15, 0.2) is 24.3 Å². The van der Waals surface area contributed by atoms with Crippen molar-refractivity contribution in [1.82, 2.24) is 0 Å². The minimum absolute atomic E-state index is 0.235. The van der Waals surface area contributed by atoms with Gasteiger partial charge in [-0.05, 0) is 55.7 Å². The molecule has 2 saturated heterocycles. The molecule has 120 valence electrons. The van der Waals surface area contributed by atoms with Gasteiger partial charge in [-0.1, -0.05) is 12.1 Å². The Morgan fingerprint density at radius 1 is 0.955 bits per heavy atom. The van der Waals surface area contributed by atoms with Gasteiger partial charge in [-0.3, -0.25) is 0 Å². The number of rotatable bonds is 2. The maximum Gasteiger partial charge on any atom is 0.168 e. The largest absolute Gasteiger partial charge is 0.372 e. The molecule has 1 spiro atoms. The minimum Gasteiger partial charge on any atom is -0.372 e. The third kappa shape index (κ3) is 2.89. The summed E-state index contributed by atoms with van der Waals surface area (Å²) in [6.45, 7) is 3.99. The fourth-order valence-corrected chi connectivity index (χ4v) is 4.30. The standard InChI is InChI=1S/C19H27NO2/c1-2-11-20(12-3-1)18-6-4-5-17(15-18)16-7-9-19(10-8-16)21-13-14-22-19/h4-6,15-16H,1-3,7-14H2. The third-order valence-corrected chi connectivity index (χ3v) is 5.62. The van der Waals surface area contributed by atoms with Gasteiger partial charge in [-0.25, -0.2) is 0 Å². The quantitative estimate of drug-likeness (QED) is 0.821. The minimum atomic E-state index is -0.235. The van der Waals surface area contributed by atoms with Gasteiger partial charge in [-0.15, -0.1) is 0 Å². The van der Waals surface area contributed by atoms with Crippen molar-refractivity contribution >= 4 is 5.69 Å². The Labute approximate surface area is 133 Å². The Kier molecular flexibility index (Phi) is 4.10. The van der Waals surface area contributed by atoms with Crippen LogP contribution in [0.5, 0.6) is 0 Å². The predicted molar refractivity (Wildman–Crippen MR) is 88.4 cm³/mol. The van der Waals surface area contributed by atoms with Crippen molar-refractivity contribution in [3.63, 3.8) is 0 Å². The third-order valence-electron chi connectivity index (χ3n) is 5.62. The first kappa shape index (κ1) is 14.5. The van der Waals surface area contributed by atoms with Crippen molar-refractivity contribution < 1.29 is 9.47 Å². The first-order chi connectivity index (χ1) is 10.8. The molecule has 3 fully saturated rings. The molecule has 0 N–H and O–H groups in total. The molecule has 2 heterocycles. The van der Waals surface area contributed by atoms with E-state index in [0.29, 0.717) is 5.92 Å². The highest BCUT2D eigenvalue weighted by Gasteiger charge is 2.40. The van der Waals surface area contributed by atoms with Gasteiger partial charge in [-0.2, -0.15) is 0 Å². The van der Waals surface area contributed by atoms with Gasteiger partial charge in [0.15, 0.2) is 5.79 Å². The number of ether oxygens (including phenoxy) is 2. The summed E-state index contributed by atoms with van der Waals surface area (Å²) in [5.74, 6) is 0.434. The normalized spacial score (nSPS) is 25.7. The molecule has 0 amide bonds. The van der Waals surface area contributed by atoms with Crippen molar-refractivity contribution in [1.29, 1.82) is 0 Å². The second-order valence-corrected chi connectivity index (χ2v) is 7.02. The van der Waals surface area contributed by atoms with E-state index in [1.165, 1.54) is 56.4 Å². The molecule has 1 saturated carbocycles. The van der Waals surface area contributed by atoms with Crippen LogP contribution in [0.3, 0.4) is 0 Å². The average molecular weight is 301 g/mol. The van der Waals surface area contributed by atoms with Crippen LogP contribution in [0.1, 0.15) is 56.4 Å². The topological polar surface area (TPSA) is 21.7 Å². The molecular formula is C19H27NO2. The van der Waals surface area contributed by atoms with Gasteiger partial charge < -0.3 is 14.4 Å². The summed E-state index contributed by atoms with van der Waals surface area (Å²) in [5, 5.41) is 0. The SMILES string of the molecule is c1cc(C2CCC3(CC2)OCCO3)cc(N2CCCCC2)c1. The summed E-state index contributed by atoms with van der Waals surface area (Å²) >= 11 is 0. The smallest absolute Gasteiger partial charge is 0.168 e. The predicted octanol–water partition coefficient (Wildman–Crippen LogP) is 4.08. The Balaban J connectivity index is 1.44. The summed E-state index contributed by atoms with van der Waals surface area (Å²) in [6, 6.07) is 9.27. The van der Waals surface area contributed by atoms with Gasteiger partial charge in [0.25, 0.3) is 0 Å². The summed E-state index contributed by atoms with van der Waals surface area (Å²) in [7, 11) is 0. The van der Waals surface area contributed by atoms with Gasteiger partial charge >= 0.3 is 0 Å². The number of piperidine rings is 1. The van der Waals surface area contributed by atoms with E-state index >= 15 is 0 Å². The van der Waals surface area contributed by atoms with E-state index in [9.17, 15) is 0 Å². The fourth-order valence-electron chi connectivity index (χ4n) is 4.30. The summed E-state index contributed by atoms with van der Waals surface area (Å²) in [4.78, 5) is 2.56. The van der Waals surface area contributed by atoms with Crippen LogP contribution in [0.25, 0.3) is 0 Å². The second-order valence-electron chi connectivity index (χ2n) is 7.02. The van der Waals surface area contributed by atoms with E-state index in [4.69, 9.17) is 9.47 Å². The molecular weight excluding hydrogens is 274 g/mol. The molecule has 1 aromatic rings. The van der Waals surface area contributed by atoms with Crippen LogP contribution < -0.4 is 4.90 Å². The van der Waals surface area contributed by atoms with Crippen molar-refractivity contribution in [2.45, 2.75) is 56.7 Å². The van der Waals surface area contributed by atoms with Crippen molar-refractivity contribution in [2.75, 3.05) is 31.2 Å². The lowest BCUT2D eigenvalue weighted by Crippen LogP contribution is -2.34. The lowest BCUT2D eigenvalue weighted by atomic mass is 9.81. The Morgan fingerprint density at radius 3 is 2.41 bits per heavy atom. The van der Waals surface area contributed by atoms with Crippen LogP contribution in [-0.4, -0.2) is 32.1 Å². The lowest BCUT2D eigenvalue weighted by molar-refractivity contribution is -0.178. The summed E-state index contributed by atoms with van der Waals surface area (Å²) in [6.07, 6.45) is 8.53. The molecule has 0 atom stereocenters. The maximum atomic E-state index is 5.85. The Morgan fingerprint density at radius 2 is 1.68 bits per heavy atom.